The molecule has 0 spiro atoms. The Morgan fingerprint density at radius 1 is 1.35 bits per heavy atom. The number of carbonyl (C=O) groups is 2. The number of hydrogen-bond acceptors (Lipinski definition) is 4. The van der Waals surface area contributed by atoms with E-state index in [2.05, 4.69) is 10.2 Å². The number of ether oxygens (including phenoxy) is 1. The molecule has 1 amide bonds. The maximum absolute atomic E-state index is 12.2. The van der Waals surface area contributed by atoms with E-state index in [0.717, 1.165) is 37.2 Å². The molecule has 0 aliphatic carbocycles. The van der Waals surface area contributed by atoms with Gasteiger partial charge in [-0.15, -0.1) is 0 Å². The molecule has 1 fully saturated rings. The SMILES string of the molecule is CCOC(=O)C1CCN(CC(=O)Nc2cc(Cl)ccc2C)CC1. The molecule has 0 bridgehead atoms. The van der Waals surface area contributed by atoms with Crippen molar-refractivity contribution in [3.8, 4) is 0 Å². The lowest BCUT2D eigenvalue weighted by molar-refractivity contribution is -0.149. The predicted octanol–water partition coefficient (Wildman–Crippen LogP) is 2.86. The number of piperidine rings is 1. The van der Waals surface area contributed by atoms with Crippen molar-refractivity contribution in [3.63, 3.8) is 0 Å². The monoisotopic (exact) mass is 338 g/mol. The number of likely N-dealkylation sites (tertiary alicyclic amines) is 1. The van der Waals surface area contributed by atoms with Crippen LogP contribution in [0, 0.1) is 12.8 Å². The summed E-state index contributed by atoms with van der Waals surface area (Å²) in [6, 6.07) is 5.43. The van der Waals surface area contributed by atoms with Crippen LogP contribution in [0.25, 0.3) is 0 Å². The average Bonchev–Trinajstić information content (AvgIpc) is 2.52. The van der Waals surface area contributed by atoms with Gasteiger partial charge in [-0.25, -0.2) is 0 Å². The fourth-order valence-corrected chi connectivity index (χ4v) is 2.88. The van der Waals surface area contributed by atoms with Crippen molar-refractivity contribution >= 4 is 29.2 Å². The van der Waals surface area contributed by atoms with Crippen molar-refractivity contribution in [2.45, 2.75) is 26.7 Å². The Labute approximate surface area is 141 Å². The molecule has 0 atom stereocenters. The van der Waals surface area contributed by atoms with Crippen molar-refractivity contribution in [1.82, 2.24) is 4.90 Å². The second kappa shape index (κ2) is 8.31. The van der Waals surface area contributed by atoms with Gasteiger partial charge in [-0.05, 0) is 57.5 Å². The minimum Gasteiger partial charge on any atom is -0.466 e. The standard InChI is InChI=1S/C17H23ClN2O3/c1-3-23-17(22)13-6-8-20(9-7-13)11-16(21)19-15-10-14(18)5-4-12(15)2/h4-5,10,13H,3,6-9,11H2,1-2H3,(H,19,21). The van der Waals surface area contributed by atoms with Crippen LogP contribution in [0.1, 0.15) is 25.3 Å². The fourth-order valence-electron chi connectivity index (χ4n) is 2.71. The molecular weight excluding hydrogens is 316 g/mol. The molecule has 1 saturated heterocycles. The summed E-state index contributed by atoms with van der Waals surface area (Å²) in [6.45, 7) is 5.94. The van der Waals surface area contributed by atoms with Gasteiger partial charge >= 0.3 is 5.97 Å². The summed E-state index contributed by atoms with van der Waals surface area (Å²) in [5.74, 6) is -0.222. The van der Waals surface area contributed by atoms with E-state index in [9.17, 15) is 9.59 Å². The summed E-state index contributed by atoms with van der Waals surface area (Å²) < 4.78 is 5.05. The van der Waals surface area contributed by atoms with Crippen LogP contribution in [0.5, 0.6) is 0 Å². The zero-order valence-corrected chi connectivity index (χ0v) is 14.4. The maximum Gasteiger partial charge on any atom is 0.309 e. The highest BCUT2D eigenvalue weighted by Crippen LogP contribution is 2.21. The van der Waals surface area contributed by atoms with Crippen LogP contribution >= 0.6 is 11.6 Å². The van der Waals surface area contributed by atoms with Gasteiger partial charge in [0.1, 0.15) is 0 Å². The van der Waals surface area contributed by atoms with Crippen LogP contribution in [0.3, 0.4) is 0 Å². The van der Waals surface area contributed by atoms with Gasteiger partial charge in [0.15, 0.2) is 0 Å². The van der Waals surface area contributed by atoms with Gasteiger partial charge < -0.3 is 10.1 Å². The molecule has 23 heavy (non-hydrogen) atoms. The third kappa shape index (κ3) is 5.22. The number of amides is 1. The Kier molecular flexibility index (Phi) is 6.42. The highest BCUT2D eigenvalue weighted by Gasteiger charge is 2.26. The molecule has 2 rings (SSSR count). The maximum atomic E-state index is 12.2. The highest BCUT2D eigenvalue weighted by molar-refractivity contribution is 6.31. The molecular formula is C17H23ClN2O3. The lowest BCUT2D eigenvalue weighted by atomic mass is 9.97. The number of rotatable bonds is 5. The quantitative estimate of drug-likeness (QED) is 0.839. The summed E-state index contributed by atoms with van der Waals surface area (Å²) in [6.07, 6.45) is 1.48. The first-order chi connectivity index (χ1) is 11.0. The van der Waals surface area contributed by atoms with E-state index < -0.39 is 0 Å². The Morgan fingerprint density at radius 3 is 2.70 bits per heavy atom. The summed E-state index contributed by atoms with van der Waals surface area (Å²) in [5.41, 5.74) is 1.72. The molecule has 1 N–H and O–H groups in total. The van der Waals surface area contributed by atoms with Gasteiger partial charge in [-0.3, -0.25) is 14.5 Å². The first kappa shape index (κ1) is 17.8. The Morgan fingerprint density at radius 2 is 2.04 bits per heavy atom. The topological polar surface area (TPSA) is 58.6 Å². The fraction of sp³-hybridized carbons (Fsp3) is 0.529. The summed E-state index contributed by atoms with van der Waals surface area (Å²) >= 11 is 5.96. The van der Waals surface area contributed by atoms with Crippen molar-refractivity contribution in [3.05, 3.63) is 28.8 Å². The van der Waals surface area contributed by atoms with Crippen LogP contribution in [0.15, 0.2) is 18.2 Å². The van der Waals surface area contributed by atoms with E-state index in [-0.39, 0.29) is 17.8 Å². The van der Waals surface area contributed by atoms with Gasteiger partial charge in [0.2, 0.25) is 5.91 Å². The number of esters is 1. The molecule has 0 saturated carbocycles. The lowest BCUT2D eigenvalue weighted by Gasteiger charge is -2.30. The van der Waals surface area contributed by atoms with E-state index in [1.807, 2.05) is 19.9 Å². The Balaban J connectivity index is 1.81. The molecule has 0 radical (unpaired) electrons. The van der Waals surface area contributed by atoms with Crippen LogP contribution in [-0.2, 0) is 14.3 Å². The van der Waals surface area contributed by atoms with Crippen LogP contribution < -0.4 is 5.32 Å². The second-order valence-electron chi connectivity index (χ2n) is 5.81. The minimum atomic E-state index is -0.119. The third-order valence-corrected chi connectivity index (χ3v) is 4.28. The average molecular weight is 339 g/mol. The molecule has 1 aliphatic rings. The molecule has 0 aromatic heterocycles. The minimum absolute atomic E-state index is 0.0376. The predicted molar refractivity (Wildman–Crippen MR) is 90.6 cm³/mol. The molecule has 1 aromatic carbocycles. The number of halogens is 1. The number of benzene rings is 1. The Bertz CT molecular complexity index is 569. The van der Waals surface area contributed by atoms with E-state index >= 15 is 0 Å². The largest absolute Gasteiger partial charge is 0.466 e. The zero-order chi connectivity index (χ0) is 16.8. The number of aryl methyl sites for hydroxylation is 1. The number of nitrogens with zero attached hydrogens (tertiary/aromatic N) is 1. The van der Waals surface area contributed by atoms with Crippen molar-refractivity contribution < 1.29 is 14.3 Å². The molecule has 1 aliphatic heterocycles. The second-order valence-corrected chi connectivity index (χ2v) is 6.25. The van der Waals surface area contributed by atoms with Gasteiger partial charge in [0.25, 0.3) is 0 Å². The van der Waals surface area contributed by atoms with Gasteiger partial charge in [0.05, 0.1) is 19.1 Å². The van der Waals surface area contributed by atoms with Gasteiger partial charge in [-0.1, -0.05) is 17.7 Å². The van der Waals surface area contributed by atoms with Crippen LogP contribution in [-0.4, -0.2) is 43.0 Å². The summed E-state index contributed by atoms with van der Waals surface area (Å²) in [4.78, 5) is 25.9. The van der Waals surface area contributed by atoms with E-state index in [1.165, 1.54) is 0 Å². The van der Waals surface area contributed by atoms with Crippen molar-refractivity contribution in [2.75, 3.05) is 31.6 Å². The zero-order valence-electron chi connectivity index (χ0n) is 13.6. The van der Waals surface area contributed by atoms with E-state index in [4.69, 9.17) is 16.3 Å². The molecule has 126 valence electrons. The van der Waals surface area contributed by atoms with Crippen LogP contribution in [0.4, 0.5) is 5.69 Å². The number of carbonyl (C=O) groups excluding carboxylic acids is 2. The molecule has 5 nitrogen and oxygen atoms in total. The summed E-state index contributed by atoms with van der Waals surface area (Å²) in [5, 5.41) is 3.49. The van der Waals surface area contributed by atoms with E-state index in [1.54, 1.807) is 12.1 Å². The summed E-state index contributed by atoms with van der Waals surface area (Å²) in [7, 11) is 0. The first-order valence-corrected chi connectivity index (χ1v) is 8.32. The lowest BCUT2D eigenvalue weighted by Crippen LogP contribution is -2.41. The number of hydrogen-bond donors (Lipinski definition) is 1. The molecule has 0 unspecified atom stereocenters. The van der Waals surface area contributed by atoms with Crippen molar-refractivity contribution in [2.24, 2.45) is 5.92 Å². The van der Waals surface area contributed by atoms with Gasteiger partial charge in [-0.2, -0.15) is 0 Å². The van der Waals surface area contributed by atoms with Crippen LogP contribution in [0.2, 0.25) is 5.02 Å². The molecule has 6 heteroatoms. The third-order valence-electron chi connectivity index (χ3n) is 4.05. The van der Waals surface area contributed by atoms with E-state index in [0.29, 0.717) is 18.2 Å². The molecule has 1 heterocycles. The first-order valence-electron chi connectivity index (χ1n) is 7.94. The number of nitrogens with one attached hydrogen (secondary N) is 1. The highest BCUT2D eigenvalue weighted by atomic mass is 35.5. The van der Waals surface area contributed by atoms with Gasteiger partial charge in [0, 0.05) is 10.7 Å². The normalized spacial score (nSPS) is 16.1. The Hall–Kier alpha value is -1.59. The molecule has 1 aromatic rings. The smallest absolute Gasteiger partial charge is 0.309 e. The number of anilines is 1. The van der Waals surface area contributed by atoms with Crippen molar-refractivity contribution in [1.29, 1.82) is 0 Å².